The molecule has 4 aliphatic carbocycles. The van der Waals surface area contributed by atoms with Crippen LogP contribution < -0.4 is 0 Å². The Morgan fingerprint density at radius 3 is 2.70 bits per heavy atom. The fraction of sp³-hybridized carbons (Fsp3) is 0.615. The maximum Gasteiger partial charge on any atom is 0.116 e. The highest BCUT2D eigenvalue weighted by Crippen LogP contribution is 2.64. The molecule has 3 saturated carbocycles. The smallest absolute Gasteiger partial charge is 0.116 e. The molecule has 5 rings (SSSR count). The number of rotatable bonds is 2. The van der Waals surface area contributed by atoms with Crippen molar-refractivity contribution in [3.05, 3.63) is 41.5 Å². The highest BCUT2D eigenvalue weighted by Gasteiger charge is 2.57. The SMILES string of the molecule is CC12CC[C@H](O)CC1=CCC1C2CCC2(C)/C(=N/N=C/c3cccc(O)c3)CCC12. The van der Waals surface area contributed by atoms with E-state index >= 15 is 0 Å². The minimum Gasteiger partial charge on any atom is -0.508 e. The molecule has 3 fully saturated rings. The predicted molar refractivity (Wildman–Crippen MR) is 121 cm³/mol. The van der Waals surface area contributed by atoms with Crippen molar-refractivity contribution in [1.29, 1.82) is 0 Å². The number of hydrogen-bond donors (Lipinski definition) is 2. The van der Waals surface area contributed by atoms with Crippen molar-refractivity contribution >= 4 is 11.9 Å². The fourth-order valence-electron chi connectivity index (χ4n) is 7.37. The Kier molecular flexibility index (Phi) is 4.89. The van der Waals surface area contributed by atoms with Crippen LogP contribution in [0.3, 0.4) is 0 Å². The largest absolute Gasteiger partial charge is 0.508 e. The van der Waals surface area contributed by atoms with Crippen molar-refractivity contribution < 1.29 is 10.2 Å². The van der Waals surface area contributed by atoms with Crippen molar-refractivity contribution in [1.82, 2.24) is 0 Å². The van der Waals surface area contributed by atoms with E-state index in [1.54, 1.807) is 18.3 Å². The van der Waals surface area contributed by atoms with E-state index in [1.807, 2.05) is 12.1 Å². The third-order valence-corrected chi connectivity index (χ3v) is 9.07. The van der Waals surface area contributed by atoms with Crippen LogP contribution in [0.25, 0.3) is 0 Å². The lowest BCUT2D eigenvalue weighted by atomic mass is 9.48. The molecule has 5 unspecified atom stereocenters. The summed E-state index contributed by atoms with van der Waals surface area (Å²) in [5.41, 5.74) is 4.12. The number of nitrogens with zero attached hydrogens (tertiary/aromatic N) is 2. The molecule has 6 atom stereocenters. The summed E-state index contributed by atoms with van der Waals surface area (Å²) in [7, 11) is 0. The Hall–Kier alpha value is -1.94. The van der Waals surface area contributed by atoms with Gasteiger partial charge in [-0.25, -0.2) is 0 Å². The van der Waals surface area contributed by atoms with Gasteiger partial charge in [0.1, 0.15) is 5.75 Å². The van der Waals surface area contributed by atoms with Crippen molar-refractivity contribution in [3.8, 4) is 5.75 Å². The van der Waals surface area contributed by atoms with Crippen molar-refractivity contribution in [2.24, 2.45) is 38.8 Å². The molecule has 0 saturated heterocycles. The monoisotopic (exact) mass is 406 g/mol. The number of aliphatic hydroxyl groups is 1. The van der Waals surface area contributed by atoms with Gasteiger partial charge in [-0.1, -0.05) is 37.6 Å². The molecule has 0 spiro atoms. The molecular weight excluding hydrogens is 372 g/mol. The lowest BCUT2D eigenvalue weighted by molar-refractivity contribution is -0.0209. The number of aliphatic hydroxyl groups excluding tert-OH is 1. The normalized spacial score (nSPS) is 42.0. The van der Waals surface area contributed by atoms with Crippen LogP contribution >= 0.6 is 0 Å². The van der Waals surface area contributed by atoms with Crippen molar-refractivity contribution in [2.45, 2.75) is 71.3 Å². The quantitative estimate of drug-likeness (QED) is 0.387. The summed E-state index contributed by atoms with van der Waals surface area (Å²) >= 11 is 0. The molecule has 0 aliphatic heterocycles. The van der Waals surface area contributed by atoms with Gasteiger partial charge in [0.15, 0.2) is 0 Å². The van der Waals surface area contributed by atoms with Crippen LogP contribution in [0, 0.1) is 28.6 Å². The zero-order chi connectivity index (χ0) is 20.9. The van der Waals surface area contributed by atoms with Gasteiger partial charge in [0.25, 0.3) is 0 Å². The van der Waals surface area contributed by atoms with Gasteiger partial charge in [-0.15, -0.1) is 0 Å². The minimum absolute atomic E-state index is 0.135. The molecule has 4 aliphatic rings. The molecule has 0 aromatic heterocycles. The average Bonchev–Trinajstić information content (AvgIpc) is 3.05. The molecule has 0 amide bonds. The Morgan fingerprint density at radius 1 is 1.07 bits per heavy atom. The summed E-state index contributed by atoms with van der Waals surface area (Å²) in [6, 6.07) is 7.14. The summed E-state index contributed by atoms with van der Waals surface area (Å²) in [6.45, 7) is 4.91. The molecule has 4 nitrogen and oxygen atoms in total. The van der Waals surface area contributed by atoms with Crippen LogP contribution in [-0.2, 0) is 0 Å². The van der Waals surface area contributed by atoms with Gasteiger partial charge in [-0.3, -0.25) is 0 Å². The van der Waals surface area contributed by atoms with Crippen molar-refractivity contribution in [2.75, 3.05) is 0 Å². The van der Waals surface area contributed by atoms with Gasteiger partial charge in [-0.05, 0) is 92.2 Å². The number of phenols is 1. The summed E-state index contributed by atoms with van der Waals surface area (Å²) in [6.07, 6.45) is 13.0. The van der Waals surface area contributed by atoms with Crippen LogP contribution in [0.5, 0.6) is 5.75 Å². The summed E-state index contributed by atoms with van der Waals surface area (Å²) < 4.78 is 0. The zero-order valence-electron chi connectivity index (χ0n) is 18.2. The van der Waals surface area contributed by atoms with Gasteiger partial charge in [-0.2, -0.15) is 10.2 Å². The number of fused-ring (bicyclic) bond motifs is 5. The van der Waals surface area contributed by atoms with E-state index in [2.05, 4.69) is 25.0 Å². The molecule has 1 aromatic rings. The van der Waals surface area contributed by atoms with Crippen LogP contribution in [0.4, 0.5) is 0 Å². The van der Waals surface area contributed by atoms with E-state index in [9.17, 15) is 10.2 Å². The van der Waals surface area contributed by atoms with Gasteiger partial charge in [0.2, 0.25) is 0 Å². The Morgan fingerprint density at radius 2 is 1.87 bits per heavy atom. The lowest BCUT2D eigenvalue weighted by Crippen LogP contribution is -2.50. The number of benzene rings is 1. The molecule has 0 bridgehead atoms. The lowest BCUT2D eigenvalue weighted by Gasteiger charge is -2.57. The van der Waals surface area contributed by atoms with Crippen molar-refractivity contribution in [3.63, 3.8) is 0 Å². The third-order valence-electron chi connectivity index (χ3n) is 9.07. The van der Waals surface area contributed by atoms with Crippen LogP contribution in [-0.4, -0.2) is 28.2 Å². The molecule has 0 heterocycles. The Balaban J connectivity index is 1.38. The number of aromatic hydroxyl groups is 1. The number of phenolic OH excluding ortho intramolecular Hbond substituents is 1. The molecule has 4 heteroatoms. The van der Waals surface area contributed by atoms with E-state index in [0.717, 1.165) is 43.1 Å². The molecule has 2 N–H and O–H groups in total. The second-order valence-corrected chi connectivity index (χ2v) is 10.5. The first-order valence-corrected chi connectivity index (χ1v) is 11.7. The van der Waals surface area contributed by atoms with E-state index in [4.69, 9.17) is 5.10 Å². The number of allylic oxidation sites excluding steroid dienone is 1. The Bertz CT molecular complexity index is 919. The van der Waals surface area contributed by atoms with Crippen LogP contribution in [0.2, 0.25) is 0 Å². The first kappa shape index (κ1) is 20.0. The van der Waals surface area contributed by atoms with E-state index < -0.39 is 0 Å². The molecule has 1 aromatic carbocycles. The maximum absolute atomic E-state index is 10.2. The highest BCUT2D eigenvalue weighted by atomic mass is 16.3. The zero-order valence-corrected chi connectivity index (χ0v) is 18.2. The molecule has 30 heavy (non-hydrogen) atoms. The van der Waals surface area contributed by atoms with Crippen LogP contribution in [0.15, 0.2) is 46.1 Å². The van der Waals surface area contributed by atoms with Gasteiger partial charge in [0, 0.05) is 11.1 Å². The minimum atomic E-state index is -0.135. The van der Waals surface area contributed by atoms with E-state index in [1.165, 1.54) is 37.0 Å². The molecular formula is C26H34N2O2. The molecule has 160 valence electrons. The number of hydrogen-bond acceptors (Lipinski definition) is 4. The van der Waals surface area contributed by atoms with Gasteiger partial charge >= 0.3 is 0 Å². The Labute approximate surface area is 179 Å². The maximum atomic E-state index is 10.2. The van der Waals surface area contributed by atoms with Crippen LogP contribution in [0.1, 0.15) is 70.8 Å². The summed E-state index contributed by atoms with van der Waals surface area (Å²) in [5, 5.41) is 28.9. The predicted octanol–water partition coefficient (Wildman–Crippen LogP) is 5.49. The first-order chi connectivity index (χ1) is 14.4. The standard InChI is InChI=1S/C26H34N2O2/c1-25-12-10-20(30)15-18(25)6-7-21-22-8-9-24(26(22,2)13-11-23(21)25)28-27-16-17-4-3-5-19(29)14-17/h3-6,14,16,20-23,29-30H,7-13,15H2,1-2H3/b27-16+,28-24+/t20-,21?,22?,23?,25?,26?/m0/s1. The van der Waals surface area contributed by atoms with Gasteiger partial charge in [0.05, 0.1) is 12.3 Å². The highest BCUT2D eigenvalue weighted by molar-refractivity contribution is 5.93. The topological polar surface area (TPSA) is 65.2 Å². The second kappa shape index (κ2) is 7.33. The van der Waals surface area contributed by atoms with E-state index in [-0.39, 0.29) is 22.7 Å². The summed E-state index contributed by atoms with van der Waals surface area (Å²) in [4.78, 5) is 0. The van der Waals surface area contributed by atoms with Gasteiger partial charge < -0.3 is 10.2 Å². The average molecular weight is 407 g/mol. The summed E-state index contributed by atoms with van der Waals surface area (Å²) in [5.74, 6) is 2.42. The first-order valence-electron chi connectivity index (χ1n) is 11.7. The van der Waals surface area contributed by atoms with E-state index in [0.29, 0.717) is 5.92 Å². The third kappa shape index (κ3) is 3.15. The fourth-order valence-corrected chi connectivity index (χ4v) is 7.37. The molecule has 0 radical (unpaired) electrons. The second-order valence-electron chi connectivity index (χ2n) is 10.5.